The van der Waals surface area contributed by atoms with Crippen LogP contribution in [0.3, 0.4) is 0 Å². The van der Waals surface area contributed by atoms with Gasteiger partial charge in [-0.25, -0.2) is 0 Å². The van der Waals surface area contributed by atoms with Crippen molar-refractivity contribution in [3.05, 3.63) is 71.8 Å². The van der Waals surface area contributed by atoms with Crippen LogP contribution >= 0.6 is 0 Å². The minimum absolute atomic E-state index is 0.136. The van der Waals surface area contributed by atoms with E-state index in [0.29, 0.717) is 6.04 Å². The smallest absolute Gasteiger partial charge is 0.0367 e. The van der Waals surface area contributed by atoms with E-state index >= 15 is 0 Å². The lowest BCUT2D eigenvalue weighted by Gasteiger charge is -2.36. The van der Waals surface area contributed by atoms with Gasteiger partial charge in [-0.05, 0) is 38.1 Å². The van der Waals surface area contributed by atoms with Crippen LogP contribution in [0.4, 0.5) is 0 Å². The van der Waals surface area contributed by atoms with E-state index in [1.54, 1.807) is 0 Å². The summed E-state index contributed by atoms with van der Waals surface area (Å²) < 4.78 is 0. The van der Waals surface area contributed by atoms with Crippen molar-refractivity contribution in [2.75, 3.05) is 13.6 Å². The molecule has 0 bridgehead atoms. The second kappa shape index (κ2) is 4.82. The van der Waals surface area contributed by atoms with E-state index in [0.717, 1.165) is 6.54 Å². The van der Waals surface area contributed by atoms with Gasteiger partial charge in [0.1, 0.15) is 0 Å². The Kier molecular flexibility index (Phi) is 3.16. The van der Waals surface area contributed by atoms with Crippen molar-refractivity contribution in [1.82, 2.24) is 4.90 Å². The van der Waals surface area contributed by atoms with E-state index in [4.69, 9.17) is 0 Å². The zero-order valence-electron chi connectivity index (χ0n) is 11.7. The van der Waals surface area contributed by atoms with Gasteiger partial charge in [0.05, 0.1) is 0 Å². The van der Waals surface area contributed by atoms with Gasteiger partial charge < -0.3 is 4.90 Å². The van der Waals surface area contributed by atoms with Gasteiger partial charge >= 0.3 is 0 Å². The minimum Gasteiger partial charge on any atom is -0.302 e. The van der Waals surface area contributed by atoms with Gasteiger partial charge in [-0.15, -0.1) is 0 Å². The first-order valence-electron chi connectivity index (χ1n) is 7.06. The monoisotopic (exact) mass is 251 g/mol. The summed E-state index contributed by atoms with van der Waals surface area (Å²) in [4.78, 5) is 2.47. The Labute approximate surface area is 115 Å². The fourth-order valence-corrected chi connectivity index (χ4v) is 3.54. The second-order valence-corrected chi connectivity index (χ2v) is 5.61. The molecule has 1 heterocycles. The van der Waals surface area contributed by atoms with Gasteiger partial charge in [0.15, 0.2) is 0 Å². The SMILES string of the molecule is CC1N(C)CCC1(c1ccccc1)c1ccccc1. The zero-order chi connectivity index (χ0) is 13.3. The Morgan fingerprint density at radius 3 is 1.74 bits per heavy atom. The number of nitrogens with zero attached hydrogens (tertiary/aromatic N) is 1. The van der Waals surface area contributed by atoms with Crippen LogP contribution in [0, 0.1) is 0 Å². The first-order valence-corrected chi connectivity index (χ1v) is 7.06. The second-order valence-electron chi connectivity index (χ2n) is 5.61. The fourth-order valence-electron chi connectivity index (χ4n) is 3.54. The van der Waals surface area contributed by atoms with Crippen LogP contribution in [0.25, 0.3) is 0 Å². The maximum Gasteiger partial charge on any atom is 0.0367 e. The third-order valence-corrected chi connectivity index (χ3v) is 4.81. The molecule has 1 heteroatoms. The van der Waals surface area contributed by atoms with Gasteiger partial charge in [0, 0.05) is 11.5 Å². The van der Waals surface area contributed by atoms with Crippen molar-refractivity contribution in [3.63, 3.8) is 0 Å². The molecule has 0 N–H and O–H groups in total. The standard InChI is InChI=1S/C18H21N/c1-15-18(13-14-19(15)2,16-9-5-3-6-10-16)17-11-7-4-8-12-17/h3-12,15H,13-14H2,1-2H3. The molecule has 0 amide bonds. The molecule has 0 aromatic heterocycles. The topological polar surface area (TPSA) is 3.24 Å². The highest BCUT2D eigenvalue weighted by Gasteiger charge is 2.45. The average molecular weight is 251 g/mol. The van der Waals surface area contributed by atoms with Crippen LogP contribution in [0.5, 0.6) is 0 Å². The lowest BCUT2D eigenvalue weighted by atomic mass is 9.69. The van der Waals surface area contributed by atoms with Gasteiger partial charge in [-0.3, -0.25) is 0 Å². The summed E-state index contributed by atoms with van der Waals surface area (Å²) >= 11 is 0. The zero-order valence-corrected chi connectivity index (χ0v) is 11.7. The Morgan fingerprint density at radius 2 is 1.37 bits per heavy atom. The largest absolute Gasteiger partial charge is 0.302 e. The van der Waals surface area contributed by atoms with Gasteiger partial charge in [-0.1, -0.05) is 60.7 Å². The fraction of sp³-hybridized carbons (Fsp3) is 0.333. The molecule has 1 aliphatic rings. The molecule has 3 rings (SSSR count). The molecule has 1 aliphatic heterocycles. The number of hydrogen-bond acceptors (Lipinski definition) is 1. The van der Waals surface area contributed by atoms with Crippen molar-refractivity contribution in [2.45, 2.75) is 24.8 Å². The molecule has 2 aromatic rings. The molecule has 0 spiro atoms. The van der Waals surface area contributed by atoms with Crippen molar-refractivity contribution in [2.24, 2.45) is 0 Å². The minimum atomic E-state index is 0.136. The number of hydrogen-bond donors (Lipinski definition) is 0. The quantitative estimate of drug-likeness (QED) is 0.786. The molecule has 1 nitrogen and oxygen atoms in total. The Balaban J connectivity index is 2.18. The van der Waals surface area contributed by atoms with Crippen LogP contribution < -0.4 is 0 Å². The summed E-state index contributed by atoms with van der Waals surface area (Å²) in [6, 6.07) is 22.5. The van der Waals surface area contributed by atoms with Crippen molar-refractivity contribution >= 4 is 0 Å². The molecule has 0 aliphatic carbocycles. The molecule has 19 heavy (non-hydrogen) atoms. The summed E-state index contributed by atoms with van der Waals surface area (Å²) in [5.41, 5.74) is 3.02. The highest BCUT2D eigenvalue weighted by molar-refractivity contribution is 5.42. The first kappa shape index (κ1) is 12.4. The highest BCUT2D eigenvalue weighted by atomic mass is 15.2. The first-order chi connectivity index (χ1) is 9.25. The lowest BCUT2D eigenvalue weighted by molar-refractivity contribution is 0.286. The molecule has 1 fully saturated rings. The molecule has 0 saturated carbocycles. The van der Waals surface area contributed by atoms with Crippen LogP contribution in [0.2, 0.25) is 0 Å². The van der Waals surface area contributed by atoms with Gasteiger partial charge in [-0.2, -0.15) is 0 Å². The number of benzene rings is 2. The van der Waals surface area contributed by atoms with E-state index < -0.39 is 0 Å². The summed E-state index contributed by atoms with van der Waals surface area (Å²) in [5, 5.41) is 0. The van der Waals surface area contributed by atoms with E-state index in [1.165, 1.54) is 17.5 Å². The van der Waals surface area contributed by atoms with E-state index in [1.807, 2.05) is 0 Å². The van der Waals surface area contributed by atoms with Crippen molar-refractivity contribution < 1.29 is 0 Å². The summed E-state index contributed by atoms with van der Waals surface area (Å²) in [5.74, 6) is 0. The Hall–Kier alpha value is -1.60. The molecule has 2 aromatic carbocycles. The summed E-state index contributed by atoms with van der Waals surface area (Å²) in [6.07, 6.45) is 1.19. The predicted octanol–water partition coefficient (Wildman–Crippen LogP) is 3.70. The van der Waals surface area contributed by atoms with E-state index in [-0.39, 0.29) is 5.41 Å². The number of rotatable bonds is 2. The van der Waals surface area contributed by atoms with Crippen LogP contribution in [-0.2, 0) is 5.41 Å². The summed E-state index contributed by atoms with van der Waals surface area (Å²) in [7, 11) is 2.23. The average Bonchev–Trinajstić information content (AvgIpc) is 2.78. The van der Waals surface area contributed by atoms with Crippen LogP contribution in [0.15, 0.2) is 60.7 Å². The normalized spacial score (nSPS) is 22.5. The number of likely N-dealkylation sites (tertiary alicyclic amines) is 1. The van der Waals surface area contributed by atoms with Crippen molar-refractivity contribution in [1.29, 1.82) is 0 Å². The predicted molar refractivity (Wildman–Crippen MR) is 80.4 cm³/mol. The molecule has 1 unspecified atom stereocenters. The van der Waals surface area contributed by atoms with Gasteiger partial charge in [0.25, 0.3) is 0 Å². The molecular weight excluding hydrogens is 230 g/mol. The van der Waals surface area contributed by atoms with Gasteiger partial charge in [0.2, 0.25) is 0 Å². The van der Waals surface area contributed by atoms with Crippen molar-refractivity contribution in [3.8, 4) is 0 Å². The van der Waals surface area contributed by atoms with E-state index in [2.05, 4.69) is 79.5 Å². The third-order valence-electron chi connectivity index (χ3n) is 4.81. The lowest BCUT2D eigenvalue weighted by Crippen LogP contribution is -2.39. The Bertz CT molecular complexity index is 493. The molecule has 1 atom stereocenters. The summed E-state index contributed by atoms with van der Waals surface area (Å²) in [6.45, 7) is 3.51. The number of likely N-dealkylation sites (N-methyl/N-ethyl adjacent to an activating group) is 1. The molecule has 0 radical (unpaired) electrons. The third kappa shape index (κ3) is 1.89. The van der Waals surface area contributed by atoms with Crippen LogP contribution in [-0.4, -0.2) is 24.5 Å². The van der Waals surface area contributed by atoms with E-state index in [9.17, 15) is 0 Å². The molecular formula is C18H21N. The molecule has 1 saturated heterocycles. The molecule has 98 valence electrons. The maximum absolute atomic E-state index is 2.47. The Morgan fingerprint density at radius 1 is 0.895 bits per heavy atom. The van der Waals surface area contributed by atoms with Crippen LogP contribution in [0.1, 0.15) is 24.5 Å². The highest BCUT2D eigenvalue weighted by Crippen LogP contribution is 2.44. The maximum atomic E-state index is 2.47.